The molecule has 7 nitrogen and oxygen atoms in total. The second-order valence-electron chi connectivity index (χ2n) is 3.54. The molecule has 94 valence electrons. The molecule has 8 heteroatoms. The SMILES string of the molecule is Cn1ncc(C(=O)O)c1NC(=O)Cc1cscn1. The van der Waals surface area contributed by atoms with E-state index in [4.69, 9.17) is 5.11 Å². The predicted molar refractivity (Wildman–Crippen MR) is 64.6 cm³/mol. The number of aryl methyl sites for hydroxylation is 1. The maximum atomic E-state index is 11.7. The van der Waals surface area contributed by atoms with Crippen LogP contribution in [0.2, 0.25) is 0 Å². The van der Waals surface area contributed by atoms with Crippen LogP contribution in [0.15, 0.2) is 17.1 Å². The number of thiazole rings is 1. The molecular weight excluding hydrogens is 256 g/mol. The third-order valence-electron chi connectivity index (χ3n) is 2.25. The second-order valence-corrected chi connectivity index (χ2v) is 4.26. The Morgan fingerprint density at radius 2 is 2.33 bits per heavy atom. The van der Waals surface area contributed by atoms with Crippen molar-refractivity contribution in [1.29, 1.82) is 0 Å². The fourth-order valence-electron chi connectivity index (χ4n) is 1.41. The summed E-state index contributed by atoms with van der Waals surface area (Å²) in [5.41, 5.74) is 2.25. The number of aromatic carboxylic acids is 1. The van der Waals surface area contributed by atoms with Crippen LogP contribution in [-0.2, 0) is 18.3 Å². The molecular formula is C10H10N4O3S. The molecule has 0 aliphatic heterocycles. The van der Waals surface area contributed by atoms with Crippen molar-refractivity contribution < 1.29 is 14.7 Å². The highest BCUT2D eigenvalue weighted by molar-refractivity contribution is 7.07. The molecule has 0 atom stereocenters. The van der Waals surface area contributed by atoms with Crippen molar-refractivity contribution in [3.63, 3.8) is 0 Å². The van der Waals surface area contributed by atoms with Gasteiger partial charge in [0.25, 0.3) is 0 Å². The molecule has 2 N–H and O–H groups in total. The molecule has 2 rings (SSSR count). The van der Waals surface area contributed by atoms with E-state index in [2.05, 4.69) is 15.4 Å². The topological polar surface area (TPSA) is 97.1 Å². The predicted octanol–water partition coefficient (Wildman–Crippen LogP) is 0.756. The Hall–Kier alpha value is -2.22. The molecule has 2 aromatic heterocycles. The highest BCUT2D eigenvalue weighted by Gasteiger charge is 2.17. The van der Waals surface area contributed by atoms with Gasteiger partial charge in [-0.15, -0.1) is 11.3 Å². The van der Waals surface area contributed by atoms with Crippen molar-refractivity contribution >= 4 is 29.0 Å². The lowest BCUT2D eigenvalue weighted by atomic mass is 10.3. The van der Waals surface area contributed by atoms with Gasteiger partial charge in [0.15, 0.2) is 0 Å². The van der Waals surface area contributed by atoms with Crippen molar-refractivity contribution in [2.24, 2.45) is 7.05 Å². The van der Waals surface area contributed by atoms with E-state index in [1.807, 2.05) is 0 Å². The molecule has 0 spiro atoms. The molecule has 2 heterocycles. The van der Waals surface area contributed by atoms with Crippen molar-refractivity contribution in [2.45, 2.75) is 6.42 Å². The van der Waals surface area contributed by atoms with E-state index in [1.165, 1.54) is 22.2 Å². The summed E-state index contributed by atoms with van der Waals surface area (Å²) in [4.78, 5) is 26.6. The number of carbonyl (C=O) groups is 2. The van der Waals surface area contributed by atoms with Crippen LogP contribution >= 0.6 is 11.3 Å². The number of rotatable bonds is 4. The molecule has 0 aromatic carbocycles. The number of nitrogens with one attached hydrogen (secondary N) is 1. The van der Waals surface area contributed by atoms with Crippen LogP contribution in [0.25, 0.3) is 0 Å². The zero-order valence-corrected chi connectivity index (χ0v) is 10.3. The molecule has 1 amide bonds. The summed E-state index contributed by atoms with van der Waals surface area (Å²) in [5.74, 6) is -1.29. The van der Waals surface area contributed by atoms with Crippen LogP contribution in [0.5, 0.6) is 0 Å². The zero-order chi connectivity index (χ0) is 13.1. The molecule has 0 radical (unpaired) electrons. The van der Waals surface area contributed by atoms with Crippen LogP contribution in [0.1, 0.15) is 16.1 Å². The van der Waals surface area contributed by atoms with Gasteiger partial charge >= 0.3 is 5.97 Å². The molecule has 0 saturated carbocycles. The Bertz CT molecular complexity index is 576. The Kier molecular flexibility index (Phi) is 3.38. The normalized spacial score (nSPS) is 10.3. The second kappa shape index (κ2) is 4.96. The molecule has 0 bridgehead atoms. The standard InChI is InChI=1S/C10H10N4O3S/c1-14-9(7(3-12-14)10(16)17)13-8(15)2-6-4-18-5-11-6/h3-5H,2H2,1H3,(H,13,15)(H,16,17). The van der Waals surface area contributed by atoms with Crippen molar-refractivity contribution in [3.05, 3.63) is 28.3 Å². The Balaban J connectivity index is 2.11. The van der Waals surface area contributed by atoms with E-state index < -0.39 is 5.97 Å². The van der Waals surface area contributed by atoms with Gasteiger partial charge in [0.05, 0.1) is 23.8 Å². The number of carboxylic acids is 1. The fraction of sp³-hybridized carbons (Fsp3) is 0.200. The number of hydrogen-bond donors (Lipinski definition) is 2. The van der Waals surface area contributed by atoms with Crippen LogP contribution in [0, 0.1) is 0 Å². The molecule has 18 heavy (non-hydrogen) atoms. The summed E-state index contributed by atoms with van der Waals surface area (Å²) in [7, 11) is 1.56. The van der Waals surface area contributed by atoms with Gasteiger partial charge in [-0.05, 0) is 0 Å². The van der Waals surface area contributed by atoms with Gasteiger partial charge in [-0.25, -0.2) is 9.78 Å². The van der Waals surface area contributed by atoms with Gasteiger partial charge in [-0.3, -0.25) is 9.48 Å². The Morgan fingerprint density at radius 1 is 1.56 bits per heavy atom. The van der Waals surface area contributed by atoms with Crippen LogP contribution in [-0.4, -0.2) is 31.7 Å². The largest absolute Gasteiger partial charge is 0.477 e. The lowest BCUT2D eigenvalue weighted by Crippen LogP contribution is -2.18. The Morgan fingerprint density at radius 3 is 2.94 bits per heavy atom. The van der Waals surface area contributed by atoms with Gasteiger partial charge in [0.1, 0.15) is 11.4 Å². The third-order valence-corrected chi connectivity index (χ3v) is 2.89. The quantitative estimate of drug-likeness (QED) is 0.851. The number of nitrogens with zero attached hydrogens (tertiary/aromatic N) is 3. The fourth-order valence-corrected chi connectivity index (χ4v) is 1.97. The first-order valence-corrected chi connectivity index (χ1v) is 5.94. The van der Waals surface area contributed by atoms with E-state index in [0.29, 0.717) is 5.69 Å². The van der Waals surface area contributed by atoms with Crippen molar-refractivity contribution in [2.75, 3.05) is 5.32 Å². The highest BCUT2D eigenvalue weighted by atomic mass is 32.1. The summed E-state index contributed by atoms with van der Waals surface area (Å²) in [6.07, 6.45) is 1.30. The lowest BCUT2D eigenvalue weighted by molar-refractivity contribution is -0.115. The number of carbonyl (C=O) groups excluding carboxylic acids is 1. The first-order chi connectivity index (χ1) is 8.58. The number of amides is 1. The zero-order valence-electron chi connectivity index (χ0n) is 9.45. The highest BCUT2D eigenvalue weighted by Crippen LogP contribution is 2.14. The summed E-state index contributed by atoms with van der Waals surface area (Å²) in [5, 5.41) is 17.0. The summed E-state index contributed by atoms with van der Waals surface area (Å²) in [6, 6.07) is 0. The summed E-state index contributed by atoms with van der Waals surface area (Å²) in [6.45, 7) is 0. The van der Waals surface area contributed by atoms with Gasteiger partial charge in [0.2, 0.25) is 5.91 Å². The molecule has 2 aromatic rings. The van der Waals surface area contributed by atoms with Crippen LogP contribution < -0.4 is 5.32 Å². The number of carboxylic acid groups (broad SMARTS) is 1. The van der Waals surface area contributed by atoms with Gasteiger partial charge in [-0.2, -0.15) is 5.10 Å². The van der Waals surface area contributed by atoms with Gasteiger partial charge < -0.3 is 10.4 Å². The molecule has 0 unspecified atom stereocenters. The minimum Gasteiger partial charge on any atom is -0.477 e. The smallest absolute Gasteiger partial charge is 0.341 e. The summed E-state index contributed by atoms with van der Waals surface area (Å²) >= 11 is 1.40. The van der Waals surface area contributed by atoms with Crippen LogP contribution in [0.4, 0.5) is 5.82 Å². The minimum absolute atomic E-state index is 0.0378. The van der Waals surface area contributed by atoms with E-state index in [0.717, 1.165) is 0 Å². The molecule has 0 aliphatic rings. The van der Waals surface area contributed by atoms with E-state index in [1.54, 1.807) is 17.9 Å². The monoisotopic (exact) mass is 266 g/mol. The molecule has 0 saturated heterocycles. The van der Waals surface area contributed by atoms with E-state index in [9.17, 15) is 9.59 Å². The number of hydrogen-bond acceptors (Lipinski definition) is 5. The number of anilines is 1. The maximum absolute atomic E-state index is 11.7. The number of aromatic nitrogens is 3. The summed E-state index contributed by atoms with van der Waals surface area (Å²) < 4.78 is 1.31. The minimum atomic E-state index is -1.13. The Labute approximate surface area is 106 Å². The third kappa shape index (κ3) is 2.54. The van der Waals surface area contributed by atoms with E-state index >= 15 is 0 Å². The van der Waals surface area contributed by atoms with Crippen molar-refractivity contribution in [1.82, 2.24) is 14.8 Å². The van der Waals surface area contributed by atoms with Crippen LogP contribution in [0.3, 0.4) is 0 Å². The average Bonchev–Trinajstić information content (AvgIpc) is 2.90. The lowest BCUT2D eigenvalue weighted by Gasteiger charge is -2.05. The average molecular weight is 266 g/mol. The van der Waals surface area contributed by atoms with Gasteiger partial charge in [-0.1, -0.05) is 0 Å². The first kappa shape index (κ1) is 12.2. The van der Waals surface area contributed by atoms with E-state index in [-0.39, 0.29) is 23.7 Å². The first-order valence-electron chi connectivity index (χ1n) is 5.00. The maximum Gasteiger partial charge on any atom is 0.341 e. The molecule has 0 fully saturated rings. The van der Waals surface area contributed by atoms with Crippen molar-refractivity contribution in [3.8, 4) is 0 Å². The van der Waals surface area contributed by atoms with Gasteiger partial charge in [0, 0.05) is 12.4 Å². The molecule has 0 aliphatic carbocycles.